The molecule has 1 unspecified atom stereocenters. The van der Waals surface area contributed by atoms with Crippen LogP contribution in [0, 0.1) is 0 Å². The molecule has 1 aromatic heterocycles. The maximum Gasteiger partial charge on any atom is 0.317 e. The summed E-state index contributed by atoms with van der Waals surface area (Å²) in [6, 6.07) is 17.8. The normalized spacial score (nSPS) is 16.6. The maximum atomic E-state index is 12.6. The second-order valence-electron chi connectivity index (χ2n) is 7.27. The number of carbonyl (C=O) groups is 1. The Morgan fingerprint density at radius 1 is 1.10 bits per heavy atom. The molecule has 2 amide bonds. The number of rotatable bonds is 5. The lowest BCUT2D eigenvalue weighted by molar-refractivity contribution is 0.179. The molecule has 1 N–H and O–H groups in total. The molecule has 1 fully saturated rings. The number of amides is 2. The van der Waals surface area contributed by atoms with Gasteiger partial charge in [0, 0.05) is 37.0 Å². The third-order valence-corrected chi connectivity index (χ3v) is 6.43. The summed E-state index contributed by atoms with van der Waals surface area (Å²) < 4.78 is 0. The van der Waals surface area contributed by atoms with Crippen LogP contribution in [-0.4, -0.2) is 34.2 Å². The van der Waals surface area contributed by atoms with Crippen LogP contribution in [0.4, 0.5) is 4.79 Å². The van der Waals surface area contributed by atoms with Gasteiger partial charge in [-0.2, -0.15) is 0 Å². The topological polar surface area (TPSA) is 58.1 Å². The second kappa shape index (κ2) is 9.37. The molecule has 1 saturated heterocycles. The largest absolute Gasteiger partial charge is 0.334 e. The van der Waals surface area contributed by atoms with Crippen LogP contribution in [0.2, 0.25) is 5.02 Å². The molecule has 5 nitrogen and oxygen atoms in total. The van der Waals surface area contributed by atoms with Gasteiger partial charge < -0.3 is 10.2 Å². The van der Waals surface area contributed by atoms with Crippen molar-refractivity contribution in [3.63, 3.8) is 0 Å². The molecule has 0 radical (unpaired) electrons. The highest BCUT2D eigenvalue weighted by atomic mass is 35.5. The Morgan fingerprint density at radius 3 is 2.69 bits per heavy atom. The van der Waals surface area contributed by atoms with Gasteiger partial charge in [0.2, 0.25) is 0 Å². The zero-order valence-corrected chi connectivity index (χ0v) is 17.6. The van der Waals surface area contributed by atoms with Gasteiger partial charge in [-0.15, -0.1) is 21.5 Å². The fourth-order valence-electron chi connectivity index (χ4n) is 3.53. The van der Waals surface area contributed by atoms with Crippen LogP contribution in [0.15, 0.2) is 54.6 Å². The number of piperidine rings is 1. The number of nitrogens with one attached hydrogen (secondary N) is 1. The lowest BCUT2D eigenvalue weighted by Crippen LogP contribution is -2.44. The van der Waals surface area contributed by atoms with E-state index in [2.05, 4.69) is 27.6 Å². The Morgan fingerprint density at radius 2 is 1.90 bits per heavy atom. The van der Waals surface area contributed by atoms with E-state index in [0.29, 0.717) is 18.1 Å². The number of hydrogen-bond acceptors (Lipinski definition) is 4. The summed E-state index contributed by atoms with van der Waals surface area (Å²) in [5, 5.41) is 14.6. The van der Waals surface area contributed by atoms with Crippen molar-refractivity contribution < 1.29 is 4.79 Å². The average molecular weight is 427 g/mol. The molecule has 1 aliphatic heterocycles. The minimum absolute atomic E-state index is 0.0290. The van der Waals surface area contributed by atoms with Crippen molar-refractivity contribution in [2.24, 2.45) is 0 Å². The Balaban J connectivity index is 1.33. The van der Waals surface area contributed by atoms with Crippen LogP contribution in [0.5, 0.6) is 0 Å². The van der Waals surface area contributed by atoms with E-state index < -0.39 is 0 Å². The zero-order chi connectivity index (χ0) is 20.1. The van der Waals surface area contributed by atoms with E-state index in [1.807, 2.05) is 47.4 Å². The van der Waals surface area contributed by atoms with E-state index in [1.165, 1.54) is 5.56 Å². The first-order valence-electron chi connectivity index (χ1n) is 9.81. The maximum absolute atomic E-state index is 12.6. The fraction of sp³-hybridized carbons (Fsp3) is 0.318. The van der Waals surface area contributed by atoms with Gasteiger partial charge in [0.15, 0.2) is 0 Å². The summed E-state index contributed by atoms with van der Waals surface area (Å²) in [5.41, 5.74) is 2.27. The quantitative estimate of drug-likeness (QED) is 0.633. The van der Waals surface area contributed by atoms with Crippen molar-refractivity contribution in [3.05, 3.63) is 80.8 Å². The number of benzene rings is 2. The first-order chi connectivity index (χ1) is 14.2. The number of urea groups is 1. The number of likely N-dealkylation sites (tertiary alicyclic amines) is 1. The van der Waals surface area contributed by atoms with Crippen molar-refractivity contribution in [2.75, 3.05) is 13.1 Å². The monoisotopic (exact) mass is 426 g/mol. The molecule has 150 valence electrons. The van der Waals surface area contributed by atoms with Crippen molar-refractivity contribution >= 4 is 29.0 Å². The smallest absolute Gasteiger partial charge is 0.317 e. The number of hydrogen-bond donors (Lipinski definition) is 1. The van der Waals surface area contributed by atoms with Gasteiger partial charge in [0.05, 0.1) is 0 Å². The Labute approximate surface area is 179 Å². The lowest BCUT2D eigenvalue weighted by Gasteiger charge is -2.31. The number of aromatic nitrogens is 2. The van der Waals surface area contributed by atoms with Gasteiger partial charge in [-0.25, -0.2) is 4.79 Å². The zero-order valence-electron chi connectivity index (χ0n) is 16.1. The average Bonchev–Trinajstić information content (AvgIpc) is 3.22. The van der Waals surface area contributed by atoms with Gasteiger partial charge in [-0.3, -0.25) is 0 Å². The van der Waals surface area contributed by atoms with Crippen LogP contribution in [0.3, 0.4) is 0 Å². The standard InChI is InChI=1S/C22H23ClN4OS/c23-19-10-8-17(9-11-19)14-24-22(28)27-12-4-7-18(15-27)21-26-25-20(29-21)13-16-5-2-1-3-6-16/h1-3,5-6,8-11,18H,4,7,12-15H2,(H,24,28). The fourth-order valence-corrected chi connectivity index (χ4v) is 4.66. The highest BCUT2D eigenvalue weighted by Crippen LogP contribution is 2.29. The number of carbonyl (C=O) groups excluding carboxylic acids is 1. The van der Waals surface area contributed by atoms with E-state index >= 15 is 0 Å². The number of nitrogens with zero attached hydrogens (tertiary/aromatic N) is 3. The summed E-state index contributed by atoms with van der Waals surface area (Å²) in [7, 11) is 0. The molecule has 0 aliphatic carbocycles. The molecule has 29 heavy (non-hydrogen) atoms. The van der Waals surface area contributed by atoms with Crippen LogP contribution in [-0.2, 0) is 13.0 Å². The molecule has 0 bridgehead atoms. The molecule has 2 heterocycles. The minimum atomic E-state index is -0.0290. The molecule has 4 rings (SSSR count). The van der Waals surface area contributed by atoms with E-state index in [0.717, 1.165) is 41.4 Å². The third kappa shape index (κ3) is 5.34. The molecule has 3 aromatic rings. The Bertz CT molecular complexity index is 945. The predicted molar refractivity (Wildman–Crippen MR) is 116 cm³/mol. The van der Waals surface area contributed by atoms with Crippen LogP contribution >= 0.6 is 22.9 Å². The van der Waals surface area contributed by atoms with Crippen molar-refractivity contribution in [3.8, 4) is 0 Å². The van der Waals surface area contributed by atoms with Crippen LogP contribution in [0.1, 0.15) is 39.9 Å². The second-order valence-corrected chi connectivity index (χ2v) is 8.80. The molecule has 0 spiro atoms. The Kier molecular flexibility index (Phi) is 6.42. The summed E-state index contributed by atoms with van der Waals surface area (Å²) in [4.78, 5) is 14.5. The van der Waals surface area contributed by atoms with Gasteiger partial charge in [-0.1, -0.05) is 54.1 Å². The van der Waals surface area contributed by atoms with Crippen LogP contribution in [0.25, 0.3) is 0 Å². The third-order valence-electron chi connectivity index (χ3n) is 5.10. The summed E-state index contributed by atoms with van der Waals surface area (Å²) in [6.45, 7) is 1.96. The molecular weight excluding hydrogens is 404 g/mol. The van der Waals surface area contributed by atoms with Gasteiger partial charge in [0.1, 0.15) is 10.0 Å². The first kappa shape index (κ1) is 19.9. The molecule has 1 aliphatic rings. The SMILES string of the molecule is O=C(NCc1ccc(Cl)cc1)N1CCCC(c2nnc(Cc3ccccc3)s2)C1. The van der Waals surface area contributed by atoms with Crippen LogP contribution < -0.4 is 5.32 Å². The van der Waals surface area contributed by atoms with Gasteiger partial charge in [0.25, 0.3) is 0 Å². The molecular formula is C22H23ClN4OS. The minimum Gasteiger partial charge on any atom is -0.334 e. The van der Waals surface area contributed by atoms with Crippen molar-refractivity contribution in [2.45, 2.75) is 31.7 Å². The molecule has 7 heteroatoms. The van der Waals surface area contributed by atoms with Crippen molar-refractivity contribution in [1.82, 2.24) is 20.4 Å². The highest BCUT2D eigenvalue weighted by molar-refractivity contribution is 7.11. The van der Waals surface area contributed by atoms with Crippen molar-refractivity contribution in [1.29, 1.82) is 0 Å². The van der Waals surface area contributed by atoms with E-state index in [-0.39, 0.29) is 11.9 Å². The molecule has 2 aromatic carbocycles. The summed E-state index contributed by atoms with van der Waals surface area (Å²) >= 11 is 7.58. The highest BCUT2D eigenvalue weighted by Gasteiger charge is 2.27. The lowest BCUT2D eigenvalue weighted by atomic mass is 9.99. The molecule has 1 atom stereocenters. The van der Waals surface area contributed by atoms with E-state index in [4.69, 9.17) is 11.6 Å². The predicted octanol–water partition coefficient (Wildman–Crippen LogP) is 4.87. The number of halogens is 1. The summed E-state index contributed by atoms with van der Waals surface area (Å²) in [5.74, 6) is 0.257. The molecule has 0 saturated carbocycles. The van der Waals surface area contributed by atoms with E-state index in [9.17, 15) is 4.79 Å². The van der Waals surface area contributed by atoms with E-state index in [1.54, 1.807) is 11.3 Å². The Hall–Kier alpha value is -2.44. The first-order valence-corrected chi connectivity index (χ1v) is 11.0. The van der Waals surface area contributed by atoms with Gasteiger partial charge in [-0.05, 0) is 36.1 Å². The summed E-state index contributed by atoms with van der Waals surface area (Å²) in [6.07, 6.45) is 2.82. The van der Waals surface area contributed by atoms with Gasteiger partial charge >= 0.3 is 6.03 Å².